The van der Waals surface area contributed by atoms with Crippen LogP contribution in [-0.4, -0.2) is 35.5 Å². The van der Waals surface area contributed by atoms with E-state index in [-0.39, 0.29) is 12.4 Å². The Morgan fingerprint density at radius 2 is 2.22 bits per heavy atom. The van der Waals surface area contributed by atoms with Crippen LogP contribution in [0.3, 0.4) is 0 Å². The van der Waals surface area contributed by atoms with Crippen LogP contribution in [-0.2, 0) is 0 Å². The number of hydrogen-bond acceptors (Lipinski definition) is 5. The van der Waals surface area contributed by atoms with E-state index in [0.717, 1.165) is 30.2 Å². The summed E-state index contributed by atoms with van der Waals surface area (Å²) < 4.78 is 0. The quantitative estimate of drug-likeness (QED) is 0.382. The molecular formula is C13H20N2O2S. The largest absolute Gasteiger partial charge is 0.398 e. The minimum Gasteiger partial charge on any atom is -0.398 e. The topological polar surface area (TPSA) is 75.3 Å². The summed E-state index contributed by atoms with van der Waals surface area (Å²) in [5.74, 6) is 1.94. The third-order valence-electron chi connectivity index (χ3n) is 2.45. The van der Waals surface area contributed by atoms with Crippen molar-refractivity contribution >= 4 is 28.9 Å². The van der Waals surface area contributed by atoms with Crippen molar-refractivity contribution in [3.05, 3.63) is 23.8 Å². The monoisotopic (exact) mass is 268 g/mol. The molecule has 0 aliphatic heterocycles. The Balaban J connectivity index is 2.35. The molecule has 4 N–H and O–H groups in total. The fourth-order valence-corrected chi connectivity index (χ4v) is 2.31. The highest BCUT2D eigenvalue weighted by Gasteiger charge is 2.04. The van der Waals surface area contributed by atoms with Crippen molar-refractivity contribution < 1.29 is 9.90 Å². The second kappa shape index (κ2) is 8.00. The first-order valence-electron chi connectivity index (χ1n) is 5.98. The first-order valence-corrected chi connectivity index (χ1v) is 7.13. The van der Waals surface area contributed by atoms with Gasteiger partial charge in [-0.3, -0.25) is 4.79 Å². The van der Waals surface area contributed by atoms with Crippen LogP contribution in [0, 0.1) is 0 Å². The predicted octanol–water partition coefficient (Wildman–Crippen LogP) is 2.00. The molecule has 0 atom stereocenters. The second-order valence-corrected chi connectivity index (χ2v) is 5.20. The summed E-state index contributed by atoms with van der Waals surface area (Å²) in [6.45, 7) is 2.61. The van der Waals surface area contributed by atoms with E-state index in [1.54, 1.807) is 23.9 Å². The van der Waals surface area contributed by atoms with Gasteiger partial charge in [0.05, 0.1) is 0 Å². The average Bonchev–Trinajstić information content (AvgIpc) is 2.33. The lowest BCUT2D eigenvalue weighted by molar-refractivity contribution is 0.101. The molecule has 5 heteroatoms. The van der Waals surface area contributed by atoms with Crippen LogP contribution < -0.4 is 11.1 Å². The number of Topliss-reactive ketones (excluding diaryl/α,β-unsaturated/α-hetero) is 1. The molecule has 0 heterocycles. The van der Waals surface area contributed by atoms with Crippen molar-refractivity contribution in [2.45, 2.75) is 13.3 Å². The summed E-state index contributed by atoms with van der Waals surface area (Å²) in [5.41, 5.74) is 7.81. The zero-order valence-electron chi connectivity index (χ0n) is 10.6. The standard InChI is InChI=1S/C13H20N2O2S/c1-10(17)12-4-3-11(9-13(12)14)15-5-8-18-7-2-6-16/h3-4,9,15-16H,2,5-8,14H2,1H3. The zero-order chi connectivity index (χ0) is 13.4. The molecule has 0 amide bonds. The summed E-state index contributed by atoms with van der Waals surface area (Å²) in [7, 11) is 0. The van der Waals surface area contributed by atoms with Crippen molar-refractivity contribution in [1.82, 2.24) is 0 Å². The van der Waals surface area contributed by atoms with Crippen LogP contribution in [0.25, 0.3) is 0 Å². The number of nitrogens with two attached hydrogens (primary N) is 1. The van der Waals surface area contributed by atoms with Gasteiger partial charge in [-0.1, -0.05) is 0 Å². The first-order chi connectivity index (χ1) is 8.65. The van der Waals surface area contributed by atoms with Gasteiger partial charge in [0.15, 0.2) is 5.78 Å². The summed E-state index contributed by atoms with van der Waals surface area (Å²) in [5, 5.41) is 11.9. The van der Waals surface area contributed by atoms with E-state index in [1.165, 1.54) is 6.92 Å². The Labute approximate surface area is 112 Å². The number of thioether (sulfide) groups is 1. The van der Waals surface area contributed by atoms with Crippen LogP contribution >= 0.6 is 11.8 Å². The molecule has 1 aromatic rings. The normalized spacial score (nSPS) is 10.3. The maximum absolute atomic E-state index is 11.2. The molecule has 1 rings (SSSR count). The third kappa shape index (κ3) is 4.98. The molecule has 100 valence electrons. The summed E-state index contributed by atoms with van der Waals surface area (Å²) in [6.07, 6.45) is 0.838. The lowest BCUT2D eigenvalue weighted by atomic mass is 10.1. The van der Waals surface area contributed by atoms with Gasteiger partial charge in [0.25, 0.3) is 0 Å². The fourth-order valence-electron chi connectivity index (χ4n) is 1.53. The van der Waals surface area contributed by atoms with Crippen LogP contribution in [0.15, 0.2) is 18.2 Å². The number of anilines is 2. The van der Waals surface area contributed by atoms with E-state index in [0.29, 0.717) is 11.3 Å². The molecule has 0 aliphatic rings. The highest BCUT2D eigenvalue weighted by Crippen LogP contribution is 2.18. The van der Waals surface area contributed by atoms with E-state index >= 15 is 0 Å². The highest BCUT2D eigenvalue weighted by atomic mass is 32.2. The number of benzene rings is 1. The Morgan fingerprint density at radius 1 is 1.44 bits per heavy atom. The van der Waals surface area contributed by atoms with Crippen LogP contribution in [0.4, 0.5) is 11.4 Å². The van der Waals surface area contributed by atoms with Gasteiger partial charge in [0, 0.05) is 35.8 Å². The van der Waals surface area contributed by atoms with Gasteiger partial charge in [-0.15, -0.1) is 0 Å². The number of ketones is 1. The third-order valence-corrected chi connectivity index (χ3v) is 3.52. The van der Waals surface area contributed by atoms with E-state index in [4.69, 9.17) is 10.8 Å². The number of hydrogen-bond donors (Lipinski definition) is 3. The van der Waals surface area contributed by atoms with Gasteiger partial charge in [-0.05, 0) is 37.3 Å². The van der Waals surface area contributed by atoms with Gasteiger partial charge in [0.2, 0.25) is 0 Å². The minimum atomic E-state index is -0.0152. The van der Waals surface area contributed by atoms with Crippen LogP contribution in [0.2, 0.25) is 0 Å². The molecule has 0 unspecified atom stereocenters. The number of carbonyl (C=O) groups excluding carboxylic acids is 1. The van der Waals surface area contributed by atoms with Gasteiger partial charge >= 0.3 is 0 Å². The Bertz CT molecular complexity index is 397. The molecule has 0 bridgehead atoms. The second-order valence-electron chi connectivity index (χ2n) is 3.97. The lowest BCUT2D eigenvalue weighted by Crippen LogP contribution is -2.06. The number of nitrogens with one attached hydrogen (secondary N) is 1. The summed E-state index contributed by atoms with van der Waals surface area (Å²) >= 11 is 1.80. The van der Waals surface area contributed by atoms with Crippen molar-refractivity contribution in [3.8, 4) is 0 Å². The number of carbonyl (C=O) groups is 1. The molecule has 0 aromatic heterocycles. The molecule has 0 saturated carbocycles. The smallest absolute Gasteiger partial charge is 0.161 e. The van der Waals surface area contributed by atoms with Gasteiger partial charge in [0.1, 0.15) is 0 Å². The molecule has 0 spiro atoms. The van der Waals surface area contributed by atoms with Crippen molar-refractivity contribution in [1.29, 1.82) is 0 Å². The molecule has 0 saturated heterocycles. The molecule has 0 radical (unpaired) electrons. The Hall–Kier alpha value is -1.20. The van der Waals surface area contributed by atoms with E-state index < -0.39 is 0 Å². The highest BCUT2D eigenvalue weighted by molar-refractivity contribution is 7.99. The SMILES string of the molecule is CC(=O)c1ccc(NCCSCCCO)cc1N. The minimum absolute atomic E-state index is 0.0152. The molecule has 0 fully saturated rings. The maximum atomic E-state index is 11.2. The van der Waals surface area contributed by atoms with Gasteiger partial charge in [-0.2, -0.15) is 11.8 Å². The maximum Gasteiger partial charge on any atom is 0.161 e. The number of aliphatic hydroxyl groups excluding tert-OH is 1. The van der Waals surface area contributed by atoms with Gasteiger partial charge in [-0.25, -0.2) is 0 Å². The summed E-state index contributed by atoms with van der Waals surface area (Å²) in [6, 6.07) is 5.40. The number of aliphatic hydroxyl groups is 1. The number of rotatable bonds is 8. The number of nitrogen functional groups attached to an aromatic ring is 1. The van der Waals surface area contributed by atoms with Crippen LogP contribution in [0.1, 0.15) is 23.7 Å². The molecule has 1 aromatic carbocycles. The fraction of sp³-hybridized carbons (Fsp3) is 0.462. The molecular weight excluding hydrogens is 248 g/mol. The van der Waals surface area contributed by atoms with E-state index in [9.17, 15) is 4.79 Å². The summed E-state index contributed by atoms with van der Waals surface area (Å²) in [4.78, 5) is 11.2. The lowest BCUT2D eigenvalue weighted by Gasteiger charge is -2.08. The first kappa shape index (κ1) is 14.9. The molecule has 4 nitrogen and oxygen atoms in total. The van der Waals surface area contributed by atoms with Crippen molar-refractivity contribution in [3.63, 3.8) is 0 Å². The van der Waals surface area contributed by atoms with E-state index in [1.807, 2.05) is 6.07 Å². The molecule has 18 heavy (non-hydrogen) atoms. The van der Waals surface area contributed by atoms with Crippen molar-refractivity contribution in [2.24, 2.45) is 0 Å². The van der Waals surface area contributed by atoms with E-state index in [2.05, 4.69) is 5.32 Å². The Kier molecular flexibility index (Phi) is 6.60. The molecule has 0 aliphatic carbocycles. The Morgan fingerprint density at radius 3 is 2.83 bits per heavy atom. The van der Waals surface area contributed by atoms with Crippen LogP contribution in [0.5, 0.6) is 0 Å². The zero-order valence-corrected chi connectivity index (χ0v) is 11.4. The van der Waals surface area contributed by atoms with Gasteiger partial charge < -0.3 is 16.2 Å². The predicted molar refractivity (Wildman–Crippen MR) is 78.4 cm³/mol. The van der Waals surface area contributed by atoms with Crippen molar-refractivity contribution in [2.75, 3.05) is 35.7 Å². The average molecular weight is 268 g/mol.